The first kappa shape index (κ1) is 47.0. The fourth-order valence-electron chi connectivity index (χ4n) is 6.98. The molecule has 2 aromatic heterocycles. The van der Waals surface area contributed by atoms with E-state index >= 15 is 0 Å². The number of nitrogens with one attached hydrogen (secondary N) is 1. The summed E-state index contributed by atoms with van der Waals surface area (Å²) in [7, 11) is 1.67. The molecule has 1 unspecified atom stereocenters. The third-order valence-corrected chi connectivity index (χ3v) is 11.8. The normalized spacial score (nSPS) is 16.9. The number of unbranched alkanes of at least 4 members (excludes halogenated alkanes) is 2. The van der Waals surface area contributed by atoms with E-state index in [-0.39, 0.29) is 29.9 Å². The number of amides is 2. The number of rotatable bonds is 29. The van der Waals surface area contributed by atoms with Crippen LogP contribution in [0.5, 0.6) is 5.75 Å². The number of carboxylic acids is 1. The van der Waals surface area contributed by atoms with E-state index < -0.39 is 17.3 Å². The number of nitrogens with zero attached hydrogens (tertiary/aromatic N) is 6. The van der Waals surface area contributed by atoms with Crippen LogP contribution in [0.3, 0.4) is 0 Å². The number of nitrogen functional groups attached to an aromatic ring is 1. The Labute approximate surface area is 356 Å². The molecular formula is C41H63N9O9S. The van der Waals surface area contributed by atoms with E-state index in [2.05, 4.69) is 48.7 Å². The molecule has 3 aromatic rings. The quantitative estimate of drug-likeness (QED) is 0.0580. The molecule has 4 heterocycles. The number of thioether (sulfide) groups is 1. The lowest BCUT2D eigenvalue weighted by Gasteiger charge is -2.35. The lowest BCUT2D eigenvalue weighted by Crippen LogP contribution is -2.49. The number of imide groups is 1. The first-order valence-electron chi connectivity index (χ1n) is 20.9. The van der Waals surface area contributed by atoms with Gasteiger partial charge in [0.2, 0.25) is 17.8 Å². The van der Waals surface area contributed by atoms with Crippen molar-refractivity contribution < 1.29 is 43.2 Å². The van der Waals surface area contributed by atoms with Gasteiger partial charge in [-0.1, -0.05) is 31.9 Å². The van der Waals surface area contributed by atoms with Gasteiger partial charge >= 0.3 is 5.97 Å². The Morgan fingerprint density at radius 3 is 2.30 bits per heavy atom. The van der Waals surface area contributed by atoms with E-state index in [1.807, 2.05) is 18.3 Å². The Bertz CT molecular complexity index is 1810. The van der Waals surface area contributed by atoms with Gasteiger partial charge in [0.25, 0.3) is 0 Å². The number of nitrogens with two attached hydrogens (primary N) is 2. The van der Waals surface area contributed by atoms with Crippen LogP contribution in [0.1, 0.15) is 43.7 Å². The minimum atomic E-state index is -1.12. The van der Waals surface area contributed by atoms with Crippen LogP contribution >= 0.6 is 11.8 Å². The average molecular weight is 858 g/mol. The summed E-state index contributed by atoms with van der Waals surface area (Å²) in [5.74, 6) is 0.289. The number of likely N-dealkylation sites (tertiary alicyclic amines) is 1. The number of fused-ring (bicyclic) bond motifs is 1. The van der Waals surface area contributed by atoms with Crippen LogP contribution in [0.25, 0.3) is 11.0 Å². The zero-order valence-electron chi connectivity index (χ0n) is 35.1. The number of ether oxygens (including phenoxy) is 5. The Balaban J connectivity index is 0.862. The van der Waals surface area contributed by atoms with Crippen LogP contribution in [-0.4, -0.2) is 175 Å². The van der Waals surface area contributed by atoms with Gasteiger partial charge in [0, 0.05) is 76.3 Å². The summed E-state index contributed by atoms with van der Waals surface area (Å²) in [6, 6.07) is 7.02. The van der Waals surface area contributed by atoms with Crippen molar-refractivity contribution in [3.63, 3.8) is 0 Å². The number of carbonyl (C=O) groups excluding carboxylic acids is 2. The average Bonchev–Trinajstić information content (AvgIpc) is 3.77. The minimum Gasteiger partial charge on any atom is -0.496 e. The van der Waals surface area contributed by atoms with E-state index in [1.54, 1.807) is 7.11 Å². The van der Waals surface area contributed by atoms with Crippen LogP contribution < -0.4 is 21.5 Å². The molecule has 0 bridgehead atoms. The second-order valence-electron chi connectivity index (χ2n) is 14.8. The molecule has 0 radical (unpaired) electrons. The summed E-state index contributed by atoms with van der Waals surface area (Å²) in [5, 5.41) is 11.9. The Morgan fingerprint density at radius 2 is 1.62 bits per heavy atom. The Kier molecular flexibility index (Phi) is 19.6. The van der Waals surface area contributed by atoms with Gasteiger partial charge < -0.3 is 50.1 Å². The number of hydrogen-bond acceptors (Lipinski definition) is 16. The third kappa shape index (κ3) is 14.5. The fourth-order valence-corrected chi connectivity index (χ4v) is 8.10. The molecule has 60 heavy (non-hydrogen) atoms. The van der Waals surface area contributed by atoms with Crippen molar-refractivity contribution >= 4 is 52.3 Å². The van der Waals surface area contributed by atoms with Gasteiger partial charge in [-0.2, -0.15) is 4.98 Å². The molecule has 1 aromatic carbocycles. The molecule has 2 aliphatic rings. The van der Waals surface area contributed by atoms with Crippen LogP contribution in [0.15, 0.2) is 30.5 Å². The van der Waals surface area contributed by atoms with Crippen molar-refractivity contribution in [1.82, 2.24) is 29.2 Å². The molecule has 5 rings (SSSR count). The summed E-state index contributed by atoms with van der Waals surface area (Å²) in [5.41, 5.74) is 15.3. The summed E-state index contributed by atoms with van der Waals surface area (Å²) in [4.78, 5) is 50.9. The van der Waals surface area contributed by atoms with Crippen LogP contribution in [0.4, 0.5) is 11.8 Å². The molecular weight excluding hydrogens is 795 g/mol. The number of anilines is 2. The Morgan fingerprint density at radius 1 is 0.933 bits per heavy atom. The van der Waals surface area contributed by atoms with Crippen molar-refractivity contribution in [2.45, 2.75) is 57.1 Å². The highest BCUT2D eigenvalue weighted by Crippen LogP contribution is 2.28. The first-order valence-corrected chi connectivity index (χ1v) is 21.9. The number of benzene rings is 1. The zero-order chi connectivity index (χ0) is 42.7. The van der Waals surface area contributed by atoms with Crippen molar-refractivity contribution in [2.24, 2.45) is 5.73 Å². The summed E-state index contributed by atoms with van der Waals surface area (Å²) < 4.78 is 30.8. The Hall–Kier alpha value is -4.08. The first-order chi connectivity index (χ1) is 29.2. The fraction of sp³-hybridized carbons (Fsp3) is 0.634. The smallest absolute Gasteiger partial charge is 0.321 e. The van der Waals surface area contributed by atoms with E-state index in [1.165, 1.54) is 4.90 Å². The highest BCUT2D eigenvalue weighted by Gasteiger charge is 2.39. The number of carbonyl (C=O) groups is 3. The highest BCUT2D eigenvalue weighted by atomic mass is 32.2. The van der Waals surface area contributed by atoms with E-state index in [0.717, 1.165) is 104 Å². The lowest BCUT2D eigenvalue weighted by molar-refractivity contribution is -0.139. The van der Waals surface area contributed by atoms with Gasteiger partial charge in [-0.25, -0.2) is 4.98 Å². The van der Waals surface area contributed by atoms with Gasteiger partial charge in [-0.3, -0.25) is 29.1 Å². The summed E-state index contributed by atoms with van der Waals surface area (Å²) in [6.45, 7) is 12.7. The van der Waals surface area contributed by atoms with Gasteiger partial charge in [0.1, 0.15) is 17.3 Å². The molecule has 0 aliphatic carbocycles. The SMILES string of the molecule is CCCCCNc1nc(N)nc2ccn(Cc3ccc(COCCOCCOCCOCCN4CCN(CCN5C(=O)CC(SC[C@H](N)C(=O)O)C5=O)CC4)cc3OC)c12. The van der Waals surface area contributed by atoms with Gasteiger partial charge in [0.05, 0.1) is 77.3 Å². The zero-order valence-corrected chi connectivity index (χ0v) is 35.9. The van der Waals surface area contributed by atoms with Gasteiger partial charge in [-0.05, 0) is 24.1 Å². The van der Waals surface area contributed by atoms with Crippen molar-refractivity contribution in [2.75, 3.05) is 123 Å². The van der Waals surface area contributed by atoms with Crippen LogP contribution in [0, 0.1) is 0 Å². The molecule has 18 nitrogen and oxygen atoms in total. The monoisotopic (exact) mass is 857 g/mol. The molecule has 6 N–H and O–H groups in total. The van der Waals surface area contributed by atoms with E-state index in [0.29, 0.717) is 72.5 Å². The molecule has 2 aliphatic heterocycles. The van der Waals surface area contributed by atoms with Crippen molar-refractivity contribution in [3.05, 3.63) is 41.6 Å². The number of piperazine rings is 1. The summed E-state index contributed by atoms with van der Waals surface area (Å²) >= 11 is 1.14. The molecule has 2 amide bonds. The highest BCUT2D eigenvalue weighted by molar-refractivity contribution is 8.00. The maximum atomic E-state index is 12.7. The second-order valence-corrected chi connectivity index (χ2v) is 16.1. The number of carboxylic acid groups (broad SMARTS) is 1. The molecule has 2 saturated heterocycles. The standard InChI is InChI=1S/C41H63N9O9S/c1-3-4-5-9-44-38-37-33(45-41(43)46-38)8-10-49(37)27-31-7-6-30(25-34(31)55-2)28-59-24-23-58-22-21-57-20-19-56-18-17-48-13-11-47(12-14-48)15-16-50-36(51)26-35(39(50)52)60-29-32(42)40(53)54/h6-8,10,25,32,35H,3-5,9,11-24,26-29,42H2,1-2H3,(H,53,54)(H3,43,44,45,46)/t32-,35?/m0/s1. The largest absolute Gasteiger partial charge is 0.496 e. The van der Waals surface area contributed by atoms with Crippen LogP contribution in [-0.2, 0) is 46.5 Å². The summed E-state index contributed by atoms with van der Waals surface area (Å²) in [6.07, 6.45) is 5.45. The predicted octanol–water partition coefficient (Wildman–Crippen LogP) is 2.13. The molecule has 2 fully saturated rings. The van der Waals surface area contributed by atoms with Crippen LogP contribution in [0.2, 0.25) is 0 Å². The lowest BCUT2D eigenvalue weighted by atomic mass is 10.1. The van der Waals surface area contributed by atoms with Crippen molar-refractivity contribution in [1.29, 1.82) is 0 Å². The molecule has 0 spiro atoms. The second kappa shape index (κ2) is 25.0. The van der Waals surface area contributed by atoms with E-state index in [4.69, 9.17) is 40.3 Å². The molecule has 0 saturated carbocycles. The molecule has 2 atom stereocenters. The topological polar surface area (TPSA) is 222 Å². The van der Waals surface area contributed by atoms with E-state index in [9.17, 15) is 14.4 Å². The minimum absolute atomic E-state index is 0.0926. The number of aliphatic carboxylic acids is 1. The molecule has 332 valence electrons. The third-order valence-electron chi connectivity index (χ3n) is 10.4. The predicted molar refractivity (Wildman–Crippen MR) is 230 cm³/mol. The number of methoxy groups -OCH3 is 1. The number of hydrogen-bond donors (Lipinski definition) is 4. The van der Waals surface area contributed by atoms with Gasteiger partial charge in [0.15, 0.2) is 5.82 Å². The maximum Gasteiger partial charge on any atom is 0.321 e. The molecule has 19 heteroatoms. The van der Waals surface area contributed by atoms with Gasteiger partial charge in [-0.15, -0.1) is 11.8 Å². The van der Waals surface area contributed by atoms with Crippen molar-refractivity contribution in [3.8, 4) is 5.75 Å². The number of aromatic nitrogens is 3. The maximum absolute atomic E-state index is 12.7.